The monoisotopic (exact) mass is 214 g/mol. The van der Waals surface area contributed by atoms with E-state index in [0.29, 0.717) is 18.6 Å². The van der Waals surface area contributed by atoms with Gasteiger partial charge in [0.25, 0.3) is 0 Å². The number of hydrogen-bond donors (Lipinski definition) is 0. The molecule has 1 rings (SSSR count). The fraction of sp³-hybridized carbons (Fsp3) is 0.600. The number of ether oxygens (including phenoxy) is 3. The maximum atomic E-state index is 11.1. The summed E-state index contributed by atoms with van der Waals surface area (Å²) >= 11 is 0. The number of carbonyl (C=O) groups excluding carboxylic acids is 2. The van der Waals surface area contributed by atoms with Gasteiger partial charge in [0.2, 0.25) is 0 Å². The molecule has 15 heavy (non-hydrogen) atoms. The largest absolute Gasteiger partial charge is 0.501 e. The molecule has 0 spiro atoms. The van der Waals surface area contributed by atoms with E-state index >= 15 is 0 Å². The lowest BCUT2D eigenvalue weighted by Crippen LogP contribution is -2.24. The van der Waals surface area contributed by atoms with Gasteiger partial charge in [-0.05, 0) is 6.42 Å². The summed E-state index contributed by atoms with van der Waals surface area (Å²) in [5.74, 6) is -0.145. The van der Waals surface area contributed by atoms with Crippen molar-refractivity contribution in [2.75, 3.05) is 14.2 Å². The molecule has 1 aliphatic rings. The predicted molar refractivity (Wildman–Crippen MR) is 50.8 cm³/mol. The van der Waals surface area contributed by atoms with Crippen LogP contribution in [0.4, 0.5) is 0 Å². The Morgan fingerprint density at radius 2 is 2.33 bits per heavy atom. The SMILES string of the molecule is COC(=O)CC[C@@H]1CC(OC)=CC(=O)O1. The third kappa shape index (κ3) is 3.61. The molecule has 0 fully saturated rings. The number of rotatable bonds is 4. The molecular formula is C10H14O5. The topological polar surface area (TPSA) is 61.8 Å². The zero-order chi connectivity index (χ0) is 11.3. The Balaban J connectivity index is 2.42. The summed E-state index contributed by atoms with van der Waals surface area (Å²) in [4.78, 5) is 21.9. The number of cyclic esters (lactones) is 1. The standard InChI is InChI=1S/C10H14O5/c1-13-8-5-7(15-10(12)6-8)3-4-9(11)14-2/h6-7H,3-5H2,1-2H3/t7-/m1/s1. The van der Waals surface area contributed by atoms with E-state index in [9.17, 15) is 9.59 Å². The summed E-state index contributed by atoms with van der Waals surface area (Å²) in [6.45, 7) is 0. The summed E-state index contributed by atoms with van der Waals surface area (Å²) < 4.78 is 14.5. The van der Waals surface area contributed by atoms with Gasteiger partial charge < -0.3 is 14.2 Å². The maximum absolute atomic E-state index is 11.1. The van der Waals surface area contributed by atoms with E-state index in [2.05, 4.69) is 4.74 Å². The highest BCUT2D eigenvalue weighted by molar-refractivity contribution is 5.83. The minimum absolute atomic E-state index is 0.242. The molecule has 0 unspecified atom stereocenters. The number of methoxy groups -OCH3 is 2. The molecule has 0 radical (unpaired) electrons. The second-order valence-corrected chi connectivity index (χ2v) is 3.19. The lowest BCUT2D eigenvalue weighted by Gasteiger charge is -2.21. The first-order chi connectivity index (χ1) is 7.15. The molecule has 0 saturated heterocycles. The number of esters is 2. The van der Waals surface area contributed by atoms with E-state index < -0.39 is 5.97 Å². The van der Waals surface area contributed by atoms with Crippen molar-refractivity contribution in [3.8, 4) is 0 Å². The zero-order valence-corrected chi connectivity index (χ0v) is 8.82. The Bertz CT molecular complexity index is 282. The molecule has 5 nitrogen and oxygen atoms in total. The average Bonchev–Trinajstić information content (AvgIpc) is 2.25. The molecule has 0 aliphatic carbocycles. The molecule has 0 N–H and O–H groups in total. The third-order valence-electron chi connectivity index (χ3n) is 2.15. The van der Waals surface area contributed by atoms with E-state index in [-0.39, 0.29) is 18.5 Å². The third-order valence-corrected chi connectivity index (χ3v) is 2.15. The Kier molecular flexibility index (Phi) is 4.15. The minimum Gasteiger partial charge on any atom is -0.501 e. The van der Waals surface area contributed by atoms with Crippen LogP contribution >= 0.6 is 0 Å². The van der Waals surface area contributed by atoms with Crippen LogP contribution in [-0.2, 0) is 23.8 Å². The molecule has 0 bridgehead atoms. The van der Waals surface area contributed by atoms with Crippen LogP contribution in [0.2, 0.25) is 0 Å². The summed E-state index contributed by atoms with van der Waals surface area (Å²) in [6, 6.07) is 0. The van der Waals surface area contributed by atoms with E-state index in [0.717, 1.165) is 0 Å². The average molecular weight is 214 g/mol. The molecule has 0 aromatic rings. The van der Waals surface area contributed by atoms with Crippen LogP contribution in [0.1, 0.15) is 19.3 Å². The smallest absolute Gasteiger partial charge is 0.334 e. The van der Waals surface area contributed by atoms with Gasteiger partial charge in [-0.3, -0.25) is 4.79 Å². The van der Waals surface area contributed by atoms with Crippen molar-refractivity contribution in [1.82, 2.24) is 0 Å². The molecule has 0 aromatic carbocycles. The highest BCUT2D eigenvalue weighted by Gasteiger charge is 2.22. The second-order valence-electron chi connectivity index (χ2n) is 3.19. The fourth-order valence-corrected chi connectivity index (χ4v) is 1.34. The van der Waals surface area contributed by atoms with Crippen LogP contribution in [0.25, 0.3) is 0 Å². The van der Waals surface area contributed by atoms with Crippen LogP contribution in [0.5, 0.6) is 0 Å². The highest BCUT2D eigenvalue weighted by atomic mass is 16.6. The van der Waals surface area contributed by atoms with Crippen LogP contribution in [-0.4, -0.2) is 32.3 Å². The van der Waals surface area contributed by atoms with Crippen molar-refractivity contribution in [3.63, 3.8) is 0 Å². The fourth-order valence-electron chi connectivity index (χ4n) is 1.34. The first-order valence-electron chi connectivity index (χ1n) is 4.67. The van der Waals surface area contributed by atoms with E-state index in [4.69, 9.17) is 9.47 Å². The van der Waals surface area contributed by atoms with Crippen molar-refractivity contribution in [1.29, 1.82) is 0 Å². The molecular weight excluding hydrogens is 200 g/mol. The van der Waals surface area contributed by atoms with Crippen LogP contribution < -0.4 is 0 Å². The lowest BCUT2D eigenvalue weighted by atomic mass is 10.1. The summed E-state index contributed by atoms with van der Waals surface area (Å²) in [7, 11) is 2.83. The van der Waals surface area contributed by atoms with Crippen molar-refractivity contribution >= 4 is 11.9 Å². The van der Waals surface area contributed by atoms with Crippen LogP contribution in [0.15, 0.2) is 11.8 Å². The van der Waals surface area contributed by atoms with Crippen LogP contribution in [0, 0.1) is 0 Å². The van der Waals surface area contributed by atoms with Gasteiger partial charge in [-0.25, -0.2) is 4.79 Å². The quantitative estimate of drug-likeness (QED) is 0.647. The van der Waals surface area contributed by atoms with E-state index in [1.54, 1.807) is 0 Å². The molecule has 0 saturated carbocycles. The molecule has 1 heterocycles. The molecule has 84 valence electrons. The van der Waals surface area contributed by atoms with Gasteiger partial charge in [0.05, 0.1) is 20.3 Å². The Morgan fingerprint density at radius 1 is 1.60 bits per heavy atom. The Morgan fingerprint density at radius 3 is 2.93 bits per heavy atom. The van der Waals surface area contributed by atoms with Gasteiger partial charge in [0.1, 0.15) is 11.9 Å². The highest BCUT2D eigenvalue weighted by Crippen LogP contribution is 2.19. The zero-order valence-electron chi connectivity index (χ0n) is 8.82. The number of hydrogen-bond acceptors (Lipinski definition) is 5. The van der Waals surface area contributed by atoms with Gasteiger partial charge in [0, 0.05) is 12.8 Å². The molecule has 1 atom stereocenters. The summed E-state index contributed by atoms with van der Waals surface area (Å²) in [6.07, 6.45) is 2.23. The predicted octanol–water partition coefficient (Wildman–Crippen LogP) is 0.785. The Hall–Kier alpha value is -1.52. The van der Waals surface area contributed by atoms with Gasteiger partial charge >= 0.3 is 11.9 Å². The first-order valence-corrected chi connectivity index (χ1v) is 4.67. The first kappa shape index (κ1) is 11.6. The van der Waals surface area contributed by atoms with Gasteiger partial charge in [-0.1, -0.05) is 0 Å². The van der Waals surface area contributed by atoms with Crippen molar-refractivity contribution in [3.05, 3.63) is 11.8 Å². The molecule has 0 aromatic heterocycles. The van der Waals surface area contributed by atoms with E-state index in [1.807, 2.05) is 0 Å². The van der Waals surface area contributed by atoms with Gasteiger partial charge in [-0.15, -0.1) is 0 Å². The maximum Gasteiger partial charge on any atom is 0.334 e. The van der Waals surface area contributed by atoms with Crippen LogP contribution in [0.3, 0.4) is 0 Å². The summed E-state index contributed by atoms with van der Waals surface area (Å²) in [5, 5.41) is 0. The number of carbonyl (C=O) groups is 2. The van der Waals surface area contributed by atoms with Gasteiger partial charge in [0.15, 0.2) is 0 Å². The normalized spacial score (nSPS) is 20.3. The minimum atomic E-state index is -0.423. The van der Waals surface area contributed by atoms with Crippen molar-refractivity contribution in [2.24, 2.45) is 0 Å². The van der Waals surface area contributed by atoms with Gasteiger partial charge in [-0.2, -0.15) is 0 Å². The lowest BCUT2D eigenvalue weighted by molar-refractivity contribution is -0.148. The molecule has 1 aliphatic heterocycles. The Labute approximate surface area is 88.0 Å². The van der Waals surface area contributed by atoms with Crippen molar-refractivity contribution < 1.29 is 23.8 Å². The molecule has 5 heteroatoms. The summed E-state index contributed by atoms with van der Waals surface area (Å²) in [5.41, 5.74) is 0. The van der Waals surface area contributed by atoms with Crippen molar-refractivity contribution in [2.45, 2.75) is 25.4 Å². The van der Waals surface area contributed by atoms with E-state index in [1.165, 1.54) is 20.3 Å². The second kappa shape index (κ2) is 5.38. The molecule has 0 amide bonds.